The Labute approximate surface area is 179 Å². The molecule has 0 bridgehead atoms. The number of ketones is 1. The van der Waals surface area contributed by atoms with Crippen molar-refractivity contribution in [2.75, 3.05) is 13.2 Å². The number of hydrogen-bond donors (Lipinski definition) is 5. The van der Waals surface area contributed by atoms with E-state index in [1.807, 2.05) is 5.32 Å². The molecule has 0 heterocycles. The van der Waals surface area contributed by atoms with Crippen LogP contribution in [0, 0.1) is 5.92 Å². The molecule has 0 radical (unpaired) electrons. The number of aliphatic carboxylic acids is 1. The third-order valence-corrected chi connectivity index (χ3v) is 3.90. The standard InChI is InChI=1S/C17H24F4N4O7/c1-7(2)13(25-11(27)6-22-16(32)17(19,20)21)15(31)23-8(3)14(30)24-9(4-12(28)29)10(26)5-18/h7-9,13H,4-6H2,1-3H3,(H,22,32)(H,23,31)(H,24,30)(H,25,27)(H,28,29). The average molecular weight is 472 g/mol. The molecule has 32 heavy (non-hydrogen) atoms. The maximum absolute atomic E-state index is 12.6. The van der Waals surface area contributed by atoms with Crippen LogP contribution >= 0.6 is 0 Å². The molecule has 0 saturated carbocycles. The lowest BCUT2D eigenvalue weighted by molar-refractivity contribution is -0.173. The minimum Gasteiger partial charge on any atom is -0.481 e. The van der Waals surface area contributed by atoms with E-state index in [1.54, 1.807) is 0 Å². The van der Waals surface area contributed by atoms with Crippen molar-refractivity contribution < 1.29 is 51.4 Å². The first-order valence-corrected chi connectivity index (χ1v) is 9.15. The summed E-state index contributed by atoms with van der Waals surface area (Å²) in [4.78, 5) is 69.2. The van der Waals surface area contributed by atoms with E-state index in [1.165, 1.54) is 19.2 Å². The Morgan fingerprint density at radius 1 is 0.906 bits per heavy atom. The molecule has 0 fully saturated rings. The van der Waals surface area contributed by atoms with Crippen molar-refractivity contribution in [1.82, 2.24) is 21.3 Å². The zero-order chi connectivity index (χ0) is 25.2. The van der Waals surface area contributed by atoms with Gasteiger partial charge < -0.3 is 26.4 Å². The summed E-state index contributed by atoms with van der Waals surface area (Å²) in [6.07, 6.45) is -6.08. The predicted molar refractivity (Wildman–Crippen MR) is 98.6 cm³/mol. The second-order valence-corrected chi connectivity index (χ2v) is 6.96. The number of amides is 4. The molecule has 0 spiro atoms. The zero-order valence-electron chi connectivity index (χ0n) is 17.3. The highest BCUT2D eigenvalue weighted by Gasteiger charge is 2.39. The second-order valence-electron chi connectivity index (χ2n) is 6.96. The molecule has 15 heteroatoms. The van der Waals surface area contributed by atoms with Gasteiger partial charge in [0.05, 0.1) is 13.0 Å². The lowest BCUT2D eigenvalue weighted by Crippen LogP contribution is -2.57. The quantitative estimate of drug-likeness (QED) is 0.222. The van der Waals surface area contributed by atoms with Crippen molar-refractivity contribution >= 4 is 35.4 Å². The van der Waals surface area contributed by atoms with Crippen LogP contribution < -0.4 is 21.3 Å². The van der Waals surface area contributed by atoms with Gasteiger partial charge in [0.15, 0.2) is 5.78 Å². The number of nitrogens with one attached hydrogen (secondary N) is 4. The number of Topliss-reactive ketones (excluding diaryl/α,β-unsaturated/α-hetero) is 1. The first kappa shape index (κ1) is 28.7. The Morgan fingerprint density at radius 3 is 1.91 bits per heavy atom. The molecular formula is C17H24F4N4O7. The van der Waals surface area contributed by atoms with Crippen molar-refractivity contribution in [1.29, 1.82) is 0 Å². The minimum atomic E-state index is -5.19. The Hall–Kier alpha value is -3.26. The molecule has 11 nitrogen and oxygen atoms in total. The lowest BCUT2D eigenvalue weighted by Gasteiger charge is -2.24. The molecule has 4 amide bonds. The average Bonchev–Trinajstić information content (AvgIpc) is 2.67. The summed E-state index contributed by atoms with van der Waals surface area (Å²) in [6.45, 7) is 1.53. The molecule has 182 valence electrons. The molecule has 0 saturated heterocycles. The van der Waals surface area contributed by atoms with E-state index in [2.05, 4.69) is 10.6 Å². The number of carboxylic acid groups (broad SMARTS) is 1. The van der Waals surface area contributed by atoms with Gasteiger partial charge in [-0.1, -0.05) is 13.8 Å². The van der Waals surface area contributed by atoms with E-state index in [0.29, 0.717) is 0 Å². The smallest absolute Gasteiger partial charge is 0.471 e. The van der Waals surface area contributed by atoms with Gasteiger partial charge in [-0.15, -0.1) is 0 Å². The van der Waals surface area contributed by atoms with E-state index in [0.717, 1.165) is 6.92 Å². The van der Waals surface area contributed by atoms with Gasteiger partial charge in [-0.3, -0.25) is 28.8 Å². The Morgan fingerprint density at radius 2 is 1.47 bits per heavy atom. The Kier molecular flexibility index (Phi) is 11.3. The van der Waals surface area contributed by atoms with Crippen molar-refractivity contribution in [2.45, 2.75) is 51.5 Å². The maximum atomic E-state index is 12.6. The summed E-state index contributed by atoms with van der Waals surface area (Å²) >= 11 is 0. The van der Waals surface area contributed by atoms with Crippen molar-refractivity contribution in [3.8, 4) is 0 Å². The highest BCUT2D eigenvalue weighted by Crippen LogP contribution is 2.13. The van der Waals surface area contributed by atoms with Crippen LogP contribution in [0.5, 0.6) is 0 Å². The third kappa shape index (κ3) is 10.2. The monoisotopic (exact) mass is 472 g/mol. The number of carboxylic acids is 1. The lowest BCUT2D eigenvalue weighted by atomic mass is 10.0. The number of carbonyl (C=O) groups excluding carboxylic acids is 5. The number of alkyl halides is 4. The van der Waals surface area contributed by atoms with Crippen molar-refractivity contribution in [3.63, 3.8) is 0 Å². The van der Waals surface area contributed by atoms with E-state index in [-0.39, 0.29) is 0 Å². The fourth-order valence-electron chi connectivity index (χ4n) is 2.20. The molecule has 3 atom stereocenters. The second kappa shape index (κ2) is 12.6. The van der Waals surface area contributed by atoms with Gasteiger partial charge in [-0.05, 0) is 12.8 Å². The molecule has 3 unspecified atom stereocenters. The molecule has 0 rings (SSSR count). The Balaban J connectivity index is 5.00. The van der Waals surface area contributed by atoms with Gasteiger partial charge in [0.25, 0.3) is 0 Å². The van der Waals surface area contributed by atoms with Gasteiger partial charge in [0, 0.05) is 0 Å². The van der Waals surface area contributed by atoms with Crippen LogP contribution in [0.15, 0.2) is 0 Å². The molecular weight excluding hydrogens is 448 g/mol. The zero-order valence-corrected chi connectivity index (χ0v) is 17.3. The van der Waals surface area contributed by atoms with Gasteiger partial charge in [-0.25, -0.2) is 4.39 Å². The predicted octanol–water partition coefficient (Wildman–Crippen LogP) is -1.19. The molecule has 0 aromatic heterocycles. The molecule has 0 aliphatic rings. The van der Waals surface area contributed by atoms with Crippen LogP contribution in [0.4, 0.5) is 17.6 Å². The fraction of sp³-hybridized carbons (Fsp3) is 0.647. The van der Waals surface area contributed by atoms with Gasteiger partial charge in [-0.2, -0.15) is 13.2 Å². The third-order valence-electron chi connectivity index (χ3n) is 3.90. The summed E-state index contributed by atoms with van der Waals surface area (Å²) in [5.41, 5.74) is 0. The van der Waals surface area contributed by atoms with Crippen LogP contribution in [-0.2, 0) is 28.8 Å². The highest BCUT2D eigenvalue weighted by atomic mass is 19.4. The number of hydrogen-bond acceptors (Lipinski definition) is 6. The first-order chi connectivity index (χ1) is 14.6. The Bertz CT molecular complexity index is 743. The summed E-state index contributed by atoms with van der Waals surface area (Å²) in [5.74, 6) is -8.66. The van der Waals surface area contributed by atoms with E-state index >= 15 is 0 Å². The summed E-state index contributed by atoms with van der Waals surface area (Å²) in [5, 5.41) is 16.4. The number of carbonyl (C=O) groups is 6. The fourth-order valence-corrected chi connectivity index (χ4v) is 2.20. The topological polar surface area (TPSA) is 171 Å². The largest absolute Gasteiger partial charge is 0.481 e. The van der Waals surface area contributed by atoms with Gasteiger partial charge in [0.2, 0.25) is 17.7 Å². The molecule has 0 aliphatic carbocycles. The SMILES string of the molecule is CC(NC(=O)C(NC(=O)CNC(=O)C(F)(F)F)C(C)C)C(=O)NC(CC(=O)O)C(=O)CF. The summed E-state index contributed by atoms with van der Waals surface area (Å²) in [6, 6.07) is -4.33. The van der Waals surface area contributed by atoms with Crippen LogP contribution in [0.3, 0.4) is 0 Å². The van der Waals surface area contributed by atoms with E-state index < -0.39 is 85.2 Å². The van der Waals surface area contributed by atoms with Crippen LogP contribution in [-0.4, -0.2) is 78.0 Å². The normalized spacial score (nSPS) is 14.0. The maximum Gasteiger partial charge on any atom is 0.471 e. The first-order valence-electron chi connectivity index (χ1n) is 9.15. The van der Waals surface area contributed by atoms with E-state index in [4.69, 9.17) is 5.11 Å². The van der Waals surface area contributed by atoms with Crippen LogP contribution in [0.1, 0.15) is 27.2 Å². The van der Waals surface area contributed by atoms with Crippen molar-refractivity contribution in [2.24, 2.45) is 5.92 Å². The number of halogens is 4. The molecule has 5 N–H and O–H groups in total. The van der Waals surface area contributed by atoms with Crippen molar-refractivity contribution in [3.05, 3.63) is 0 Å². The van der Waals surface area contributed by atoms with Crippen LogP contribution in [0.25, 0.3) is 0 Å². The van der Waals surface area contributed by atoms with Gasteiger partial charge in [0.1, 0.15) is 24.8 Å². The summed E-state index contributed by atoms with van der Waals surface area (Å²) < 4.78 is 49.0. The summed E-state index contributed by atoms with van der Waals surface area (Å²) in [7, 11) is 0. The highest BCUT2D eigenvalue weighted by molar-refractivity contribution is 5.96. The van der Waals surface area contributed by atoms with Gasteiger partial charge >= 0.3 is 18.1 Å². The number of rotatable bonds is 12. The molecule has 0 aliphatic heterocycles. The molecule has 0 aromatic carbocycles. The molecule has 0 aromatic rings. The van der Waals surface area contributed by atoms with Crippen LogP contribution in [0.2, 0.25) is 0 Å². The minimum absolute atomic E-state index is 0.597. The van der Waals surface area contributed by atoms with E-state index in [9.17, 15) is 46.3 Å².